The van der Waals surface area contributed by atoms with Gasteiger partial charge in [-0.15, -0.1) is 0 Å². The number of hydrogen-bond acceptors (Lipinski definition) is 5. The van der Waals surface area contributed by atoms with Crippen LogP contribution in [0.3, 0.4) is 0 Å². The van der Waals surface area contributed by atoms with E-state index in [2.05, 4.69) is 15.6 Å². The molecular weight excluding hydrogens is 312 g/mol. The summed E-state index contributed by atoms with van der Waals surface area (Å²) in [5, 5.41) is 5.62. The Bertz CT molecular complexity index is 698. The van der Waals surface area contributed by atoms with Crippen LogP contribution >= 0.6 is 0 Å². The third kappa shape index (κ3) is 4.67. The molecule has 8 heteroatoms. The molecule has 2 aromatic rings. The van der Waals surface area contributed by atoms with Gasteiger partial charge in [0.15, 0.2) is 11.7 Å². The standard InChI is InChI=1S/C16H20N4O4/c1-22-11-5-6-13(23-2)12(10-11)20-16(17)19-8-7-18-15(21)14-4-3-9-24-14/h3-6,9-10H,7-8H2,1-2H3,(H,18,21)(H3,17,19,20). The van der Waals surface area contributed by atoms with Crippen LogP contribution in [0.2, 0.25) is 0 Å². The van der Waals surface area contributed by atoms with Gasteiger partial charge in [0.2, 0.25) is 0 Å². The molecule has 24 heavy (non-hydrogen) atoms. The number of hydrogen-bond donors (Lipinski definition) is 3. The molecule has 2 rings (SSSR count). The molecule has 4 N–H and O–H groups in total. The minimum Gasteiger partial charge on any atom is -0.497 e. The van der Waals surface area contributed by atoms with Crippen molar-refractivity contribution in [2.45, 2.75) is 0 Å². The number of nitrogens with one attached hydrogen (secondary N) is 2. The van der Waals surface area contributed by atoms with Gasteiger partial charge >= 0.3 is 0 Å². The van der Waals surface area contributed by atoms with Crippen molar-refractivity contribution in [3.8, 4) is 11.5 Å². The quantitative estimate of drug-likeness (QED) is 0.402. The van der Waals surface area contributed by atoms with Gasteiger partial charge in [-0.25, -0.2) is 0 Å². The number of amides is 1. The lowest BCUT2D eigenvalue weighted by Gasteiger charge is -2.12. The normalized spacial score (nSPS) is 11.0. The lowest BCUT2D eigenvalue weighted by Crippen LogP contribution is -2.28. The number of carbonyl (C=O) groups is 1. The molecule has 1 heterocycles. The zero-order valence-electron chi connectivity index (χ0n) is 13.5. The van der Waals surface area contributed by atoms with E-state index in [1.807, 2.05) is 0 Å². The molecule has 0 atom stereocenters. The molecule has 0 radical (unpaired) electrons. The van der Waals surface area contributed by atoms with Crippen LogP contribution in [0, 0.1) is 0 Å². The third-order valence-corrected chi connectivity index (χ3v) is 3.09. The molecule has 0 aliphatic carbocycles. The first-order valence-corrected chi connectivity index (χ1v) is 7.24. The van der Waals surface area contributed by atoms with Gasteiger partial charge < -0.3 is 30.3 Å². The molecule has 1 aromatic carbocycles. The van der Waals surface area contributed by atoms with E-state index in [1.165, 1.54) is 6.26 Å². The molecule has 0 unspecified atom stereocenters. The second-order valence-electron chi connectivity index (χ2n) is 4.69. The number of guanidine groups is 1. The van der Waals surface area contributed by atoms with Crippen LogP contribution in [-0.4, -0.2) is 39.2 Å². The molecule has 1 amide bonds. The van der Waals surface area contributed by atoms with Gasteiger partial charge in [0.05, 0.1) is 32.7 Å². The highest BCUT2D eigenvalue weighted by Gasteiger charge is 2.07. The number of methoxy groups -OCH3 is 2. The Kier molecular flexibility index (Phi) is 6.07. The molecule has 0 saturated heterocycles. The molecule has 0 fully saturated rings. The fourth-order valence-corrected chi connectivity index (χ4v) is 1.93. The Hall–Kier alpha value is -3.16. The Balaban J connectivity index is 1.86. The first kappa shape index (κ1) is 17.2. The largest absolute Gasteiger partial charge is 0.497 e. The fraction of sp³-hybridized carbons (Fsp3) is 0.250. The van der Waals surface area contributed by atoms with Crippen molar-refractivity contribution in [3.63, 3.8) is 0 Å². The van der Waals surface area contributed by atoms with Gasteiger partial charge in [0.25, 0.3) is 5.91 Å². The predicted molar refractivity (Wildman–Crippen MR) is 90.7 cm³/mol. The van der Waals surface area contributed by atoms with E-state index in [9.17, 15) is 4.79 Å². The van der Waals surface area contributed by atoms with Crippen molar-refractivity contribution in [1.29, 1.82) is 0 Å². The van der Waals surface area contributed by atoms with Gasteiger partial charge in [0.1, 0.15) is 11.5 Å². The average Bonchev–Trinajstić information content (AvgIpc) is 3.13. The second kappa shape index (κ2) is 8.47. The summed E-state index contributed by atoms with van der Waals surface area (Å²) in [4.78, 5) is 15.8. The minimum atomic E-state index is -0.295. The Labute approximate surface area is 139 Å². The van der Waals surface area contributed by atoms with Gasteiger partial charge in [-0.05, 0) is 24.3 Å². The van der Waals surface area contributed by atoms with Crippen LogP contribution in [-0.2, 0) is 0 Å². The summed E-state index contributed by atoms with van der Waals surface area (Å²) in [6.45, 7) is 0.648. The van der Waals surface area contributed by atoms with Crippen LogP contribution in [0.5, 0.6) is 11.5 Å². The zero-order chi connectivity index (χ0) is 17.4. The number of carbonyl (C=O) groups excluding carboxylic acids is 1. The number of rotatable bonds is 7. The highest BCUT2D eigenvalue weighted by Crippen LogP contribution is 2.28. The van der Waals surface area contributed by atoms with E-state index in [0.29, 0.717) is 30.3 Å². The third-order valence-electron chi connectivity index (χ3n) is 3.09. The van der Waals surface area contributed by atoms with E-state index >= 15 is 0 Å². The molecule has 8 nitrogen and oxygen atoms in total. The van der Waals surface area contributed by atoms with Crippen molar-refractivity contribution in [2.24, 2.45) is 10.7 Å². The lowest BCUT2D eigenvalue weighted by molar-refractivity contribution is 0.0927. The fourth-order valence-electron chi connectivity index (χ4n) is 1.93. The van der Waals surface area contributed by atoms with E-state index in [4.69, 9.17) is 19.6 Å². The van der Waals surface area contributed by atoms with Crippen molar-refractivity contribution in [2.75, 3.05) is 32.6 Å². The monoisotopic (exact) mass is 332 g/mol. The summed E-state index contributed by atoms with van der Waals surface area (Å²) in [5.74, 6) is 1.44. The van der Waals surface area contributed by atoms with Crippen LogP contribution < -0.4 is 25.8 Å². The molecule has 128 valence electrons. The van der Waals surface area contributed by atoms with Crippen LogP contribution in [0.1, 0.15) is 10.6 Å². The summed E-state index contributed by atoms with van der Waals surface area (Å²) in [5.41, 5.74) is 6.48. The number of furan rings is 1. The smallest absolute Gasteiger partial charge is 0.287 e. The maximum atomic E-state index is 11.7. The van der Waals surface area contributed by atoms with Crippen molar-refractivity contribution in [1.82, 2.24) is 5.32 Å². The maximum absolute atomic E-state index is 11.7. The maximum Gasteiger partial charge on any atom is 0.287 e. The minimum absolute atomic E-state index is 0.203. The topological polar surface area (TPSA) is 111 Å². The molecule has 0 spiro atoms. The molecule has 0 saturated carbocycles. The number of benzene rings is 1. The summed E-state index contributed by atoms with van der Waals surface area (Å²) in [7, 11) is 3.13. The van der Waals surface area contributed by atoms with Crippen LogP contribution in [0.25, 0.3) is 0 Å². The molecule has 0 bridgehead atoms. The predicted octanol–water partition coefficient (Wildman–Crippen LogP) is 1.45. The molecule has 1 aromatic heterocycles. The van der Waals surface area contributed by atoms with Crippen molar-refractivity contribution >= 4 is 17.6 Å². The van der Waals surface area contributed by atoms with Gasteiger partial charge in [0, 0.05) is 12.6 Å². The zero-order valence-corrected chi connectivity index (χ0v) is 13.5. The first-order chi connectivity index (χ1) is 11.6. The SMILES string of the molecule is COc1ccc(OC)c(NC(N)=NCCNC(=O)c2ccco2)c1. The summed E-state index contributed by atoms with van der Waals surface area (Å²) in [6, 6.07) is 8.53. The van der Waals surface area contributed by atoms with E-state index < -0.39 is 0 Å². The number of nitrogens with two attached hydrogens (primary N) is 1. The molecule has 0 aliphatic rings. The number of aliphatic imine (C=N–C) groups is 1. The molecular formula is C16H20N4O4. The van der Waals surface area contributed by atoms with Gasteiger partial charge in [-0.3, -0.25) is 9.79 Å². The molecule has 0 aliphatic heterocycles. The Morgan fingerprint density at radius 1 is 1.29 bits per heavy atom. The average molecular weight is 332 g/mol. The van der Waals surface area contributed by atoms with E-state index in [1.54, 1.807) is 44.6 Å². The Morgan fingerprint density at radius 3 is 2.79 bits per heavy atom. The van der Waals surface area contributed by atoms with Gasteiger partial charge in [-0.1, -0.05) is 0 Å². The lowest BCUT2D eigenvalue weighted by atomic mass is 10.2. The number of ether oxygens (including phenoxy) is 2. The van der Waals surface area contributed by atoms with Crippen LogP contribution in [0.15, 0.2) is 46.0 Å². The second-order valence-corrected chi connectivity index (χ2v) is 4.69. The highest BCUT2D eigenvalue weighted by molar-refractivity contribution is 5.94. The Morgan fingerprint density at radius 2 is 2.12 bits per heavy atom. The van der Waals surface area contributed by atoms with E-state index in [-0.39, 0.29) is 17.6 Å². The highest BCUT2D eigenvalue weighted by atomic mass is 16.5. The van der Waals surface area contributed by atoms with E-state index in [0.717, 1.165) is 0 Å². The summed E-state index contributed by atoms with van der Waals surface area (Å²) < 4.78 is 15.4. The first-order valence-electron chi connectivity index (χ1n) is 7.24. The summed E-state index contributed by atoms with van der Waals surface area (Å²) >= 11 is 0. The van der Waals surface area contributed by atoms with Crippen molar-refractivity contribution < 1.29 is 18.7 Å². The van der Waals surface area contributed by atoms with Crippen LogP contribution in [0.4, 0.5) is 5.69 Å². The summed E-state index contributed by atoms with van der Waals surface area (Å²) in [6.07, 6.45) is 1.44. The number of anilines is 1. The number of nitrogens with zero attached hydrogens (tertiary/aromatic N) is 1. The van der Waals surface area contributed by atoms with Crippen molar-refractivity contribution in [3.05, 3.63) is 42.4 Å². The van der Waals surface area contributed by atoms with Gasteiger partial charge in [-0.2, -0.15) is 0 Å².